The molecular formula is C16H19N3O3S. The number of nitrogens with one attached hydrogen (secondary N) is 1. The van der Waals surface area contributed by atoms with Crippen molar-refractivity contribution in [3.05, 3.63) is 41.6 Å². The van der Waals surface area contributed by atoms with Gasteiger partial charge in [0.15, 0.2) is 9.84 Å². The second kappa shape index (κ2) is 6.16. The Labute approximate surface area is 135 Å². The number of sulfone groups is 1. The van der Waals surface area contributed by atoms with Gasteiger partial charge in [0.1, 0.15) is 0 Å². The van der Waals surface area contributed by atoms with Gasteiger partial charge in [-0.3, -0.25) is 4.98 Å². The Bertz CT molecular complexity index is 835. The van der Waals surface area contributed by atoms with Crippen molar-refractivity contribution in [1.82, 2.24) is 15.2 Å². The van der Waals surface area contributed by atoms with Crippen LogP contribution >= 0.6 is 0 Å². The minimum absolute atomic E-state index is 0.0393. The van der Waals surface area contributed by atoms with Crippen molar-refractivity contribution < 1.29 is 13.2 Å². The molecule has 23 heavy (non-hydrogen) atoms. The molecule has 0 radical (unpaired) electrons. The maximum atomic E-state index is 12.2. The molecule has 0 spiro atoms. The van der Waals surface area contributed by atoms with Crippen LogP contribution < -0.4 is 5.32 Å². The van der Waals surface area contributed by atoms with E-state index in [0.717, 1.165) is 22.0 Å². The molecule has 1 aliphatic rings. The minimum atomic E-state index is -2.98. The fourth-order valence-corrected chi connectivity index (χ4v) is 3.95. The summed E-state index contributed by atoms with van der Waals surface area (Å²) in [6, 6.07) is 7.60. The number of aromatic nitrogens is 1. The summed E-state index contributed by atoms with van der Waals surface area (Å²) in [4.78, 5) is 18.1. The third-order valence-corrected chi connectivity index (χ3v) is 5.79. The summed E-state index contributed by atoms with van der Waals surface area (Å²) in [5.41, 5.74) is 3.02. The van der Waals surface area contributed by atoms with Crippen LogP contribution in [0, 0.1) is 6.92 Å². The number of nitrogens with zero attached hydrogens (tertiary/aromatic N) is 2. The molecule has 3 rings (SSSR count). The average molecular weight is 333 g/mol. The summed E-state index contributed by atoms with van der Waals surface area (Å²) in [5.74, 6) is 0.0786. The lowest BCUT2D eigenvalue weighted by molar-refractivity contribution is 0.202. The van der Waals surface area contributed by atoms with Gasteiger partial charge >= 0.3 is 6.03 Å². The molecule has 0 bridgehead atoms. The van der Waals surface area contributed by atoms with Crippen LogP contribution in [0.2, 0.25) is 0 Å². The number of urea groups is 1. The number of carbonyl (C=O) groups is 1. The third kappa shape index (κ3) is 3.44. The summed E-state index contributed by atoms with van der Waals surface area (Å²) in [6.45, 7) is 2.91. The monoisotopic (exact) mass is 333 g/mol. The molecule has 122 valence electrons. The number of amides is 2. The summed E-state index contributed by atoms with van der Waals surface area (Å²) >= 11 is 0. The second-order valence-electron chi connectivity index (χ2n) is 5.73. The smallest absolute Gasteiger partial charge is 0.317 e. The Morgan fingerprint density at radius 1 is 1.26 bits per heavy atom. The molecule has 0 atom stereocenters. The van der Waals surface area contributed by atoms with Crippen LogP contribution in [0.4, 0.5) is 4.79 Å². The standard InChI is InChI=1S/C16H19N3O3S/c1-12-4-5-15-13(3-2-6-17-15)14(12)11-18-16(20)19-7-9-23(21,22)10-8-19/h2-6H,7-11H2,1H3,(H,18,20). The van der Waals surface area contributed by atoms with Crippen molar-refractivity contribution in [2.75, 3.05) is 24.6 Å². The molecule has 0 saturated carbocycles. The number of carbonyl (C=O) groups excluding carboxylic acids is 1. The van der Waals surface area contributed by atoms with Crippen LogP contribution in [0.3, 0.4) is 0 Å². The summed E-state index contributed by atoms with van der Waals surface area (Å²) in [6.07, 6.45) is 1.74. The van der Waals surface area contributed by atoms with Crippen LogP contribution in [0.15, 0.2) is 30.5 Å². The average Bonchev–Trinajstić information content (AvgIpc) is 2.53. The number of pyridine rings is 1. The summed E-state index contributed by atoms with van der Waals surface area (Å²) in [5, 5.41) is 3.92. The van der Waals surface area contributed by atoms with Gasteiger partial charge in [-0.05, 0) is 30.2 Å². The Kier molecular flexibility index (Phi) is 4.21. The van der Waals surface area contributed by atoms with E-state index in [1.54, 1.807) is 11.1 Å². The van der Waals surface area contributed by atoms with Gasteiger partial charge in [-0.2, -0.15) is 0 Å². The minimum Gasteiger partial charge on any atom is -0.334 e. The molecule has 7 heteroatoms. The van der Waals surface area contributed by atoms with E-state index in [0.29, 0.717) is 6.54 Å². The van der Waals surface area contributed by atoms with Gasteiger partial charge in [-0.15, -0.1) is 0 Å². The van der Waals surface area contributed by atoms with E-state index >= 15 is 0 Å². The van der Waals surface area contributed by atoms with E-state index in [-0.39, 0.29) is 30.6 Å². The Hall–Kier alpha value is -2.15. The van der Waals surface area contributed by atoms with E-state index in [2.05, 4.69) is 10.3 Å². The SMILES string of the molecule is Cc1ccc2ncccc2c1CNC(=O)N1CCS(=O)(=O)CC1. The van der Waals surface area contributed by atoms with E-state index in [1.807, 2.05) is 31.2 Å². The molecular weight excluding hydrogens is 314 g/mol. The molecule has 0 unspecified atom stereocenters. The molecule has 2 amide bonds. The van der Waals surface area contributed by atoms with Crippen LogP contribution in [0.25, 0.3) is 10.9 Å². The van der Waals surface area contributed by atoms with Crippen LogP contribution in [0.1, 0.15) is 11.1 Å². The van der Waals surface area contributed by atoms with Crippen molar-refractivity contribution in [1.29, 1.82) is 0 Å². The number of hydrogen-bond acceptors (Lipinski definition) is 4. The maximum absolute atomic E-state index is 12.2. The highest BCUT2D eigenvalue weighted by atomic mass is 32.2. The van der Waals surface area contributed by atoms with Crippen molar-refractivity contribution >= 4 is 26.8 Å². The molecule has 1 N–H and O–H groups in total. The van der Waals surface area contributed by atoms with Crippen molar-refractivity contribution in [2.24, 2.45) is 0 Å². The predicted octanol–water partition coefficient (Wildman–Crippen LogP) is 1.48. The molecule has 0 aliphatic carbocycles. The topological polar surface area (TPSA) is 79.4 Å². The van der Waals surface area contributed by atoms with Crippen LogP contribution in [0.5, 0.6) is 0 Å². The first-order valence-corrected chi connectivity index (χ1v) is 9.35. The van der Waals surface area contributed by atoms with E-state index in [1.165, 1.54) is 0 Å². The van der Waals surface area contributed by atoms with Gasteiger partial charge in [-0.1, -0.05) is 12.1 Å². The maximum Gasteiger partial charge on any atom is 0.317 e. The molecule has 1 fully saturated rings. The molecule has 2 heterocycles. The zero-order valence-electron chi connectivity index (χ0n) is 12.9. The number of benzene rings is 1. The molecule has 6 nitrogen and oxygen atoms in total. The van der Waals surface area contributed by atoms with Crippen molar-refractivity contribution in [3.63, 3.8) is 0 Å². The first-order valence-electron chi connectivity index (χ1n) is 7.53. The van der Waals surface area contributed by atoms with Crippen LogP contribution in [-0.4, -0.2) is 48.9 Å². The lowest BCUT2D eigenvalue weighted by atomic mass is 10.0. The number of rotatable bonds is 2. The van der Waals surface area contributed by atoms with Gasteiger partial charge < -0.3 is 10.2 Å². The normalized spacial score (nSPS) is 17.2. The van der Waals surface area contributed by atoms with Crippen LogP contribution in [-0.2, 0) is 16.4 Å². The lowest BCUT2D eigenvalue weighted by Gasteiger charge is -2.27. The van der Waals surface area contributed by atoms with E-state index < -0.39 is 9.84 Å². The van der Waals surface area contributed by atoms with Gasteiger partial charge in [-0.25, -0.2) is 13.2 Å². The predicted molar refractivity (Wildman–Crippen MR) is 88.9 cm³/mol. The first kappa shape index (κ1) is 15.7. The van der Waals surface area contributed by atoms with Gasteiger partial charge in [0.25, 0.3) is 0 Å². The van der Waals surface area contributed by atoms with Gasteiger partial charge in [0.2, 0.25) is 0 Å². The molecule has 2 aromatic rings. The molecule has 1 aromatic heterocycles. The Balaban J connectivity index is 1.71. The highest BCUT2D eigenvalue weighted by Gasteiger charge is 2.24. The lowest BCUT2D eigenvalue weighted by Crippen LogP contribution is -2.48. The Morgan fingerprint density at radius 2 is 2.00 bits per heavy atom. The highest BCUT2D eigenvalue weighted by molar-refractivity contribution is 7.91. The van der Waals surface area contributed by atoms with E-state index in [4.69, 9.17) is 0 Å². The van der Waals surface area contributed by atoms with Crippen molar-refractivity contribution in [3.8, 4) is 0 Å². The first-order chi connectivity index (χ1) is 11.0. The summed E-state index contributed by atoms with van der Waals surface area (Å²) < 4.78 is 22.8. The van der Waals surface area contributed by atoms with Crippen molar-refractivity contribution in [2.45, 2.75) is 13.5 Å². The molecule has 1 saturated heterocycles. The Morgan fingerprint density at radius 3 is 2.74 bits per heavy atom. The second-order valence-corrected chi connectivity index (χ2v) is 8.03. The zero-order valence-corrected chi connectivity index (χ0v) is 13.8. The quantitative estimate of drug-likeness (QED) is 0.903. The fraction of sp³-hybridized carbons (Fsp3) is 0.375. The largest absolute Gasteiger partial charge is 0.334 e. The molecule has 1 aromatic carbocycles. The van der Waals surface area contributed by atoms with Gasteiger partial charge in [0, 0.05) is 31.2 Å². The highest BCUT2D eigenvalue weighted by Crippen LogP contribution is 2.20. The van der Waals surface area contributed by atoms with Gasteiger partial charge in [0.05, 0.1) is 17.0 Å². The third-order valence-electron chi connectivity index (χ3n) is 4.18. The number of aryl methyl sites for hydroxylation is 1. The van der Waals surface area contributed by atoms with E-state index in [9.17, 15) is 13.2 Å². The molecule has 1 aliphatic heterocycles. The number of hydrogen-bond donors (Lipinski definition) is 1. The zero-order chi connectivity index (χ0) is 16.4. The fourth-order valence-electron chi connectivity index (χ4n) is 2.75. The summed E-state index contributed by atoms with van der Waals surface area (Å²) in [7, 11) is -2.98. The number of fused-ring (bicyclic) bond motifs is 1.